The Morgan fingerprint density at radius 2 is 1.78 bits per heavy atom. The molecule has 0 aromatic rings. The van der Waals surface area contributed by atoms with E-state index in [0.29, 0.717) is 36.8 Å². The minimum atomic E-state index is 0.0916. The highest BCUT2D eigenvalue weighted by Gasteiger charge is 2.59. The summed E-state index contributed by atoms with van der Waals surface area (Å²) in [5.74, 6) is 6.26. The van der Waals surface area contributed by atoms with E-state index in [9.17, 15) is 0 Å². The molecule has 0 radical (unpaired) electrons. The van der Waals surface area contributed by atoms with Crippen molar-refractivity contribution < 1.29 is 14.6 Å². The number of allylic oxidation sites excluding steroid dienone is 1. The lowest BCUT2D eigenvalue weighted by Crippen LogP contribution is -2.51. The highest BCUT2D eigenvalue weighted by Crippen LogP contribution is 2.67. The van der Waals surface area contributed by atoms with Crippen LogP contribution in [0, 0.1) is 52.3 Å². The summed E-state index contributed by atoms with van der Waals surface area (Å²) in [6, 6.07) is 0. The van der Waals surface area contributed by atoms with E-state index in [4.69, 9.17) is 14.6 Å². The average Bonchev–Trinajstić information content (AvgIpc) is 3.21. The van der Waals surface area contributed by atoms with Crippen LogP contribution in [0.4, 0.5) is 0 Å². The molecule has 0 amide bonds. The fraction of sp³-hybridized carbons (Fsp3) is 0.939. The van der Waals surface area contributed by atoms with E-state index in [0.717, 1.165) is 47.8 Å². The van der Waals surface area contributed by atoms with Crippen LogP contribution < -0.4 is 0 Å². The van der Waals surface area contributed by atoms with Crippen LogP contribution >= 0.6 is 0 Å². The molecule has 1 N–H and O–H groups in total. The van der Waals surface area contributed by atoms with Gasteiger partial charge in [-0.25, -0.2) is 0 Å². The van der Waals surface area contributed by atoms with Gasteiger partial charge in [0.2, 0.25) is 0 Å². The van der Waals surface area contributed by atoms with Gasteiger partial charge < -0.3 is 14.6 Å². The van der Waals surface area contributed by atoms with Crippen molar-refractivity contribution in [3.8, 4) is 0 Å². The molecule has 0 unspecified atom stereocenters. The van der Waals surface area contributed by atoms with Crippen molar-refractivity contribution in [2.24, 2.45) is 52.3 Å². The van der Waals surface area contributed by atoms with Crippen molar-refractivity contribution in [1.82, 2.24) is 0 Å². The van der Waals surface area contributed by atoms with Gasteiger partial charge in [0.25, 0.3) is 0 Å². The summed E-state index contributed by atoms with van der Waals surface area (Å²) < 4.78 is 11.6. The van der Waals surface area contributed by atoms with Crippen LogP contribution in [0.1, 0.15) is 112 Å². The molecule has 0 aromatic heterocycles. The first-order chi connectivity index (χ1) is 17.2. The van der Waals surface area contributed by atoms with Crippen LogP contribution in [0.3, 0.4) is 0 Å². The molecule has 0 saturated heterocycles. The first kappa shape index (κ1) is 28.6. The molecule has 36 heavy (non-hydrogen) atoms. The van der Waals surface area contributed by atoms with Crippen LogP contribution in [-0.4, -0.2) is 37.6 Å². The Labute approximate surface area is 223 Å². The Morgan fingerprint density at radius 3 is 2.50 bits per heavy atom. The fourth-order valence-corrected chi connectivity index (χ4v) is 9.87. The van der Waals surface area contributed by atoms with Crippen molar-refractivity contribution in [2.75, 3.05) is 26.4 Å². The van der Waals surface area contributed by atoms with Crippen LogP contribution in [0.2, 0.25) is 0 Å². The normalized spacial score (nSPS) is 39.8. The maximum absolute atomic E-state index is 8.88. The lowest BCUT2D eigenvalue weighted by molar-refractivity contribution is -0.0684. The van der Waals surface area contributed by atoms with E-state index >= 15 is 0 Å². The van der Waals surface area contributed by atoms with Gasteiger partial charge in [-0.3, -0.25) is 0 Å². The zero-order valence-corrected chi connectivity index (χ0v) is 24.6. The van der Waals surface area contributed by atoms with Gasteiger partial charge in [0.05, 0.1) is 32.5 Å². The molecule has 0 bridgehead atoms. The molecule has 0 spiro atoms. The van der Waals surface area contributed by atoms with E-state index in [1.54, 1.807) is 5.57 Å². The summed E-state index contributed by atoms with van der Waals surface area (Å²) in [7, 11) is 0. The number of aliphatic hydroxyl groups excluding tert-OH is 1. The number of hydrogen-bond acceptors (Lipinski definition) is 3. The lowest BCUT2D eigenvalue weighted by atomic mass is 9.47. The standard InChI is InChI=1S/C33H58O3/c1-7-25(23(2)3)9-8-24(4)29-12-13-30-28-11-10-26-22-27(36-21-20-35-19-18-34)14-16-32(26,5)31(28)15-17-33(29,30)6/h10,23-25,27-31,34H,7-9,11-22H2,1-6H3/t24-,25-,27+,28+,29-,30+,31+,32+,33-/m1/s1. The average molecular weight is 503 g/mol. The Kier molecular flexibility index (Phi) is 9.71. The van der Waals surface area contributed by atoms with E-state index in [1.807, 2.05) is 0 Å². The molecule has 0 aromatic carbocycles. The summed E-state index contributed by atoms with van der Waals surface area (Å²) >= 11 is 0. The fourth-order valence-electron chi connectivity index (χ4n) is 9.87. The van der Waals surface area contributed by atoms with Crippen molar-refractivity contribution in [2.45, 2.75) is 118 Å². The van der Waals surface area contributed by atoms with Crippen molar-refractivity contribution in [1.29, 1.82) is 0 Å². The summed E-state index contributed by atoms with van der Waals surface area (Å²) in [6.45, 7) is 16.9. The summed E-state index contributed by atoms with van der Waals surface area (Å²) in [4.78, 5) is 0. The smallest absolute Gasteiger partial charge is 0.0704 e. The van der Waals surface area contributed by atoms with Crippen LogP contribution in [0.15, 0.2) is 11.6 Å². The topological polar surface area (TPSA) is 38.7 Å². The summed E-state index contributed by atoms with van der Waals surface area (Å²) in [5, 5.41) is 8.88. The molecular formula is C33H58O3. The van der Waals surface area contributed by atoms with Crippen molar-refractivity contribution in [3.63, 3.8) is 0 Å². The third-order valence-electron chi connectivity index (χ3n) is 12.1. The molecule has 4 rings (SSSR count). The SMILES string of the molecule is CC[C@H](CC[C@@H](C)[C@H]1CC[C@H]2[C@@H]3CC=C4C[C@@H](OCCOCCO)CC[C@]4(C)[C@H]3CC[C@]12C)C(C)C. The minimum Gasteiger partial charge on any atom is -0.394 e. The van der Waals surface area contributed by atoms with E-state index in [-0.39, 0.29) is 6.61 Å². The van der Waals surface area contributed by atoms with Crippen LogP contribution in [0.5, 0.6) is 0 Å². The molecule has 3 nitrogen and oxygen atoms in total. The molecule has 3 fully saturated rings. The number of fused-ring (bicyclic) bond motifs is 5. The van der Waals surface area contributed by atoms with Gasteiger partial charge in [0.1, 0.15) is 0 Å². The Balaban J connectivity index is 1.37. The van der Waals surface area contributed by atoms with E-state index in [1.165, 1.54) is 64.2 Å². The largest absolute Gasteiger partial charge is 0.394 e. The third-order valence-corrected chi connectivity index (χ3v) is 12.1. The van der Waals surface area contributed by atoms with Gasteiger partial charge in [0.15, 0.2) is 0 Å². The van der Waals surface area contributed by atoms with Gasteiger partial charge in [-0.15, -0.1) is 0 Å². The predicted molar refractivity (Wildman–Crippen MR) is 150 cm³/mol. The molecule has 4 aliphatic rings. The van der Waals surface area contributed by atoms with E-state index < -0.39 is 0 Å². The quantitative estimate of drug-likeness (QED) is 0.217. The van der Waals surface area contributed by atoms with E-state index in [2.05, 4.69) is 47.6 Å². The Morgan fingerprint density at radius 1 is 0.972 bits per heavy atom. The van der Waals surface area contributed by atoms with Gasteiger partial charge in [0, 0.05) is 0 Å². The summed E-state index contributed by atoms with van der Waals surface area (Å²) in [6.07, 6.45) is 18.0. The van der Waals surface area contributed by atoms with Crippen molar-refractivity contribution in [3.05, 3.63) is 11.6 Å². The van der Waals surface area contributed by atoms with Gasteiger partial charge in [-0.2, -0.15) is 0 Å². The number of ether oxygens (including phenoxy) is 2. The Bertz CT molecular complexity index is 730. The maximum atomic E-state index is 8.88. The second-order valence-electron chi connectivity index (χ2n) is 14.0. The second kappa shape index (κ2) is 12.2. The zero-order valence-electron chi connectivity index (χ0n) is 24.6. The second-order valence-corrected chi connectivity index (χ2v) is 14.0. The molecular weight excluding hydrogens is 444 g/mol. The zero-order chi connectivity index (χ0) is 25.9. The minimum absolute atomic E-state index is 0.0916. The van der Waals surface area contributed by atoms with Gasteiger partial charge in [-0.05, 0) is 110 Å². The summed E-state index contributed by atoms with van der Waals surface area (Å²) in [5.41, 5.74) is 2.67. The monoisotopic (exact) mass is 502 g/mol. The molecule has 9 atom stereocenters. The first-order valence-electron chi connectivity index (χ1n) is 15.7. The van der Waals surface area contributed by atoms with Gasteiger partial charge in [-0.1, -0.05) is 66.0 Å². The highest BCUT2D eigenvalue weighted by atomic mass is 16.5. The van der Waals surface area contributed by atoms with Crippen LogP contribution in [-0.2, 0) is 9.47 Å². The lowest BCUT2D eigenvalue weighted by Gasteiger charge is -2.58. The molecule has 208 valence electrons. The molecule has 0 heterocycles. The molecule has 4 aliphatic carbocycles. The number of hydrogen-bond donors (Lipinski definition) is 1. The molecule has 0 aliphatic heterocycles. The first-order valence-corrected chi connectivity index (χ1v) is 15.7. The van der Waals surface area contributed by atoms with Gasteiger partial charge >= 0.3 is 0 Å². The Hall–Kier alpha value is -0.380. The van der Waals surface area contributed by atoms with Crippen LogP contribution in [0.25, 0.3) is 0 Å². The molecule has 3 heteroatoms. The molecule has 3 saturated carbocycles. The number of rotatable bonds is 12. The number of aliphatic hydroxyl groups is 1. The van der Waals surface area contributed by atoms with Crippen molar-refractivity contribution >= 4 is 0 Å². The third kappa shape index (κ3) is 5.64. The highest BCUT2D eigenvalue weighted by molar-refractivity contribution is 5.25. The predicted octanol–water partition coefficient (Wildman–Crippen LogP) is 8.06. The maximum Gasteiger partial charge on any atom is 0.0704 e.